The monoisotopic (exact) mass is 255 g/mol. The Labute approximate surface area is 110 Å². The normalized spacial score (nSPS) is 10.8. The maximum absolute atomic E-state index is 5.58. The van der Waals surface area contributed by atoms with Crippen LogP contribution in [0.1, 0.15) is 12.8 Å². The molecule has 0 saturated heterocycles. The van der Waals surface area contributed by atoms with Crippen molar-refractivity contribution in [2.45, 2.75) is 13.8 Å². The number of aromatic nitrogens is 3. The van der Waals surface area contributed by atoms with E-state index in [0.29, 0.717) is 24.2 Å². The third-order valence-corrected chi connectivity index (χ3v) is 2.74. The van der Waals surface area contributed by atoms with Crippen LogP contribution in [-0.4, -0.2) is 21.7 Å². The van der Waals surface area contributed by atoms with Crippen molar-refractivity contribution in [3.8, 4) is 17.3 Å². The largest absolute Gasteiger partial charge is 0.477 e. The lowest BCUT2D eigenvalue weighted by molar-refractivity contribution is 0.329. The standard InChI is InChI=1S/C14H13N3O2/c1-3-18-14-11(13-15-9(2)19-17-13)8-10-6-4-5-7-12(10)16-14/h4-8H,3H2,1-2H3. The van der Waals surface area contributed by atoms with E-state index in [2.05, 4.69) is 15.1 Å². The van der Waals surface area contributed by atoms with Crippen LogP contribution in [0.15, 0.2) is 34.9 Å². The summed E-state index contributed by atoms with van der Waals surface area (Å²) >= 11 is 0. The Morgan fingerprint density at radius 3 is 2.79 bits per heavy atom. The second kappa shape index (κ2) is 4.68. The first-order chi connectivity index (χ1) is 9.28. The van der Waals surface area contributed by atoms with Crippen LogP contribution in [0.4, 0.5) is 0 Å². The minimum Gasteiger partial charge on any atom is -0.477 e. The molecule has 3 rings (SSSR count). The van der Waals surface area contributed by atoms with E-state index in [4.69, 9.17) is 9.26 Å². The molecule has 0 N–H and O–H groups in total. The summed E-state index contributed by atoms with van der Waals surface area (Å²) in [5, 5.41) is 4.95. The number of fused-ring (bicyclic) bond motifs is 1. The van der Waals surface area contributed by atoms with Gasteiger partial charge in [0.15, 0.2) is 0 Å². The van der Waals surface area contributed by atoms with E-state index in [1.807, 2.05) is 37.3 Å². The highest BCUT2D eigenvalue weighted by molar-refractivity contribution is 5.84. The molecular formula is C14H13N3O2. The Balaban J connectivity index is 2.22. The molecule has 5 nitrogen and oxygen atoms in total. The Morgan fingerprint density at radius 2 is 2.05 bits per heavy atom. The minimum absolute atomic E-state index is 0.499. The smallest absolute Gasteiger partial charge is 0.225 e. The fraction of sp³-hybridized carbons (Fsp3) is 0.214. The van der Waals surface area contributed by atoms with Crippen molar-refractivity contribution in [1.29, 1.82) is 0 Å². The van der Waals surface area contributed by atoms with Crippen molar-refractivity contribution >= 4 is 10.9 Å². The van der Waals surface area contributed by atoms with Crippen LogP contribution in [0.5, 0.6) is 5.88 Å². The molecule has 96 valence electrons. The van der Waals surface area contributed by atoms with E-state index in [1.165, 1.54) is 0 Å². The van der Waals surface area contributed by atoms with Crippen molar-refractivity contribution in [2.75, 3.05) is 6.61 Å². The summed E-state index contributed by atoms with van der Waals surface area (Å²) in [7, 11) is 0. The first-order valence-corrected chi connectivity index (χ1v) is 6.11. The maximum atomic E-state index is 5.58. The van der Waals surface area contributed by atoms with Gasteiger partial charge in [-0.3, -0.25) is 0 Å². The van der Waals surface area contributed by atoms with Gasteiger partial charge in [-0.05, 0) is 19.1 Å². The van der Waals surface area contributed by atoms with Gasteiger partial charge in [0, 0.05) is 12.3 Å². The second-order valence-electron chi connectivity index (χ2n) is 4.10. The Hall–Kier alpha value is -2.43. The molecular weight excluding hydrogens is 242 g/mol. The summed E-state index contributed by atoms with van der Waals surface area (Å²) in [6.07, 6.45) is 0. The SMILES string of the molecule is CCOc1nc2ccccc2cc1-c1noc(C)n1. The Morgan fingerprint density at radius 1 is 1.21 bits per heavy atom. The van der Waals surface area contributed by atoms with E-state index in [-0.39, 0.29) is 0 Å². The van der Waals surface area contributed by atoms with E-state index >= 15 is 0 Å². The number of ether oxygens (including phenoxy) is 1. The lowest BCUT2D eigenvalue weighted by Crippen LogP contribution is -1.98. The maximum Gasteiger partial charge on any atom is 0.225 e. The molecule has 0 atom stereocenters. The number of aryl methyl sites for hydroxylation is 1. The van der Waals surface area contributed by atoms with Crippen LogP contribution in [-0.2, 0) is 0 Å². The summed E-state index contributed by atoms with van der Waals surface area (Å²) in [5.74, 6) is 1.55. The molecule has 0 fully saturated rings. The summed E-state index contributed by atoms with van der Waals surface area (Å²) in [6.45, 7) is 4.21. The van der Waals surface area contributed by atoms with Crippen LogP contribution in [0, 0.1) is 6.92 Å². The molecule has 0 aliphatic rings. The summed E-state index contributed by atoms with van der Waals surface area (Å²) in [4.78, 5) is 8.74. The number of benzene rings is 1. The summed E-state index contributed by atoms with van der Waals surface area (Å²) in [5.41, 5.74) is 1.63. The molecule has 2 aromatic heterocycles. The number of para-hydroxylation sites is 1. The van der Waals surface area contributed by atoms with E-state index in [1.54, 1.807) is 6.92 Å². The molecule has 0 aliphatic heterocycles. The molecule has 19 heavy (non-hydrogen) atoms. The van der Waals surface area contributed by atoms with Crippen LogP contribution < -0.4 is 4.74 Å². The highest BCUT2D eigenvalue weighted by Gasteiger charge is 2.14. The molecule has 2 heterocycles. The highest BCUT2D eigenvalue weighted by atomic mass is 16.5. The number of hydrogen-bond acceptors (Lipinski definition) is 5. The van der Waals surface area contributed by atoms with Crippen LogP contribution in [0.2, 0.25) is 0 Å². The first kappa shape index (κ1) is 11.6. The molecule has 0 bridgehead atoms. The number of pyridine rings is 1. The van der Waals surface area contributed by atoms with Gasteiger partial charge in [-0.25, -0.2) is 4.98 Å². The molecule has 1 aromatic carbocycles. The Bertz CT molecular complexity index is 722. The molecule has 0 radical (unpaired) electrons. The lowest BCUT2D eigenvalue weighted by Gasteiger charge is -2.08. The predicted octanol–water partition coefficient (Wildman–Crippen LogP) is 2.99. The van der Waals surface area contributed by atoms with Gasteiger partial charge in [0.05, 0.1) is 17.7 Å². The van der Waals surface area contributed by atoms with E-state index in [0.717, 1.165) is 16.5 Å². The fourth-order valence-electron chi connectivity index (χ4n) is 1.91. The average Bonchev–Trinajstić information content (AvgIpc) is 2.85. The molecule has 3 aromatic rings. The van der Waals surface area contributed by atoms with E-state index in [9.17, 15) is 0 Å². The van der Waals surface area contributed by atoms with Crippen LogP contribution in [0.25, 0.3) is 22.3 Å². The van der Waals surface area contributed by atoms with Gasteiger partial charge in [-0.1, -0.05) is 23.4 Å². The summed E-state index contributed by atoms with van der Waals surface area (Å²) in [6, 6.07) is 9.83. The molecule has 5 heteroatoms. The average molecular weight is 255 g/mol. The molecule has 0 aliphatic carbocycles. The van der Waals surface area contributed by atoms with Crippen molar-refractivity contribution in [3.05, 3.63) is 36.2 Å². The van der Waals surface area contributed by atoms with Gasteiger partial charge in [-0.2, -0.15) is 4.98 Å². The highest BCUT2D eigenvalue weighted by Crippen LogP contribution is 2.29. The van der Waals surface area contributed by atoms with Crippen LogP contribution >= 0.6 is 0 Å². The van der Waals surface area contributed by atoms with Crippen LogP contribution in [0.3, 0.4) is 0 Å². The van der Waals surface area contributed by atoms with Crippen molar-refractivity contribution < 1.29 is 9.26 Å². The van der Waals surface area contributed by atoms with Gasteiger partial charge in [0.1, 0.15) is 0 Å². The van der Waals surface area contributed by atoms with Gasteiger partial charge >= 0.3 is 0 Å². The molecule has 0 unspecified atom stereocenters. The predicted molar refractivity (Wildman–Crippen MR) is 70.9 cm³/mol. The number of nitrogens with zero attached hydrogens (tertiary/aromatic N) is 3. The zero-order chi connectivity index (χ0) is 13.2. The first-order valence-electron chi connectivity index (χ1n) is 6.11. The minimum atomic E-state index is 0.499. The van der Waals surface area contributed by atoms with Gasteiger partial charge < -0.3 is 9.26 Å². The number of rotatable bonds is 3. The molecule has 0 spiro atoms. The molecule has 0 saturated carbocycles. The zero-order valence-electron chi connectivity index (χ0n) is 10.8. The second-order valence-corrected chi connectivity index (χ2v) is 4.10. The topological polar surface area (TPSA) is 61.0 Å². The fourth-order valence-corrected chi connectivity index (χ4v) is 1.91. The quantitative estimate of drug-likeness (QED) is 0.720. The zero-order valence-corrected chi connectivity index (χ0v) is 10.8. The Kier molecular flexibility index (Phi) is 2.87. The van der Waals surface area contributed by atoms with Gasteiger partial charge in [0.25, 0.3) is 0 Å². The van der Waals surface area contributed by atoms with Crippen molar-refractivity contribution in [2.24, 2.45) is 0 Å². The van der Waals surface area contributed by atoms with E-state index < -0.39 is 0 Å². The summed E-state index contributed by atoms with van der Waals surface area (Å²) < 4.78 is 10.6. The van der Waals surface area contributed by atoms with Crippen molar-refractivity contribution in [3.63, 3.8) is 0 Å². The third-order valence-electron chi connectivity index (χ3n) is 2.74. The third kappa shape index (κ3) is 2.14. The number of hydrogen-bond donors (Lipinski definition) is 0. The van der Waals surface area contributed by atoms with Gasteiger partial charge in [-0.15, -0.1) is 0 Å². The molecule has 0 amide bonds. The lowest BCUT2D eigenvalue weighted by atomic mass is 10.1. The van der Waals surface area contributed by atoms with Gasteiger partial charge in [0.2, 0.25) is 17.6 Å². The van der Waals surface area contributed by atoms with Crippen molar-refractivity contribution in [1.82, 2.24) is 15.1 Å².